The number of carbonyl (C=O) groups excluding carboxylic acids is 1. The van der Waals surface area contributed by atoms with Crippen LogP contribution in [0.5, 0.6) is 0 Å². The normalized spacial score (nSPS) is 19.9. The molecule has 1 saturated heterocycles. The Morgan fingerprint density at radius 2 is 1.95 bits per heavy atom. The van der Waals surface area contributed by atoms with Gasteiger partial charge >= 0.3 is 5.97 Å². The Hall–Kier alpha value is -3.07. The van der Waals surface area contributed by atoms with Gasteiger partial charge < -0.3 is 19.7 Å². The van der Waals surface area contributed by atoms with Crippen molar-refractivity contribution in [3.05, 3.63) is 65.6 Å². The molecule has 2 unspecified atom stereocenters. The molecule has 0 bridgehead atoms. The molecule has 0 amide bonds. The van der Waals surface area contributed by atoms with Gasteiger partial charge in [-0.05, 0) is 91.1 Å². The first-order valence-corrected chi connectivity index (χ1v) is 16.4. The Morgan fingerprint density at radius 3 is 2.67 bits per heavy atom. The first-order chi connectivity index (χ1) is 20.9. The Kier molecular flexibility index (Phi) is 10.3. The van der Waals surface area contributed by atoms with E-state index >= 15 is 4.39 Å². The van der Waals surface area contributed by atoms with E-state index in [0.29, 0.717) is 17.0 Å². The molecule has 1 N–H and O–H groups in total. The molecule has 0 spiro atoms. The maximum Gasteiger partial charge on any atom is 0.338 e. The van der Waals surface area contributed by atoms with E-state index in [2.05, 4.69) is 30.1 Å². The van der Waals surface area contributed by atoms with Crippen molar-refractivity contribution in [1.82, 2.24) is 10.3 Å². The van der Waals surface area contributed by atoms with Crippen molar-refractivity contribution in [2.24, 2.45) is 5.92 Å². The zero-order chi connectivity index (χ0) is 30.4. The van der Waals surface area contributed by atoms with Gasteiger partial charge in [-0.1, -0.05) is 56.2 Å². The summed E-state index contributed by atoms with van der Waals surface area (Å²) in [5.41, 5.74) is 4.55. The molecule has 0 radical (unpaired) electrons. The van der Waals surface area contributed by atoms with Crippen molar-refractivity contribution < 1.29 is 18.7 Å². The Balaban J connectivity index is 1.35. The number of carbonyl (C=O) groups is 1. The summed E-state index contributed by atoms with van der Waals surface area (Å²) in [7, 11) is 3.26. The summed E-state index contributed by atoms with van der Waals surface area (Å²) in [5, 5.41) is 4.25. The molecule has 1 fully saturated rings. The van der Waals surface area contributed by atoms with E-state index in [1.807, 2.05) is 31.4 Å². The Bertz CT molecular complexity index is 1450. The molecule has 3 aromatic rings. The van der Waals surface area contributed by atoms with Gasteiger partial charge in [-0.15, -0.1) is 0 Å². The molecule has 2 aliphatic heterocycles. The standard InChI is InChI=1S/C35H44FN3O3S/c1-5-6-8-24(2)35(42-4)15-7-19-39(20-16-35)34-38-23-32(43-34)29-12-10-27(22-31(29)36)26-9-11-28(33(40)41-3)30(21-26)25-13-17-37-18-14-25/h9-13,21-24,37H,5-8,14-20H2,1-4H3. The molecular formula is C35H44FN3O3S. The molecule has 1 aromatic heterocycles. The van der Waals surface area contributed by atoms with Crippen molar-refractivity contribution in [3.8, 4) is 21.6 Å². The van der Waals surface area contributed by atoms with E-state index in [1.54, 1.807) is 29.7 Å². The van der Waals surface area contributed by atoms with Crippen LogP contribution in [0.4, 0.5) is 9.52 Å². The summed E-state index contributed by atoms with van der Waals surface area (Å²) in [6.45, 7) is 7.99. The third-order valence-electron chi connectivity index (χ3n) is 9.29. The Morgan fingerprint density at radius 1 is 1.14 bits per heavy atom. The van der Waals surface area contributed by atoms with Crippen LogP contribution in [0.3, 0.4) is 0 Å². The number of esters is 1. The molecule has 43 heavy (non-hydrogen) atoms. The first kappa shape index (κ1) is 31.4. The average Bonchev–Trinajstić information content (AvgIpc) is 3.42. The van der Waals surface area contributed by atoms with E-state index in [0.717, 1.165) is 84.1 Å². The van der Waals surface area contributed by atoms with E-state index in [4.69, 9.17) is 14.5 Å². The third-order valence-corrected chi connectivity index (χ3v) is 10.4. The van der Waals surface area contributed by atoms with Crippen LogP contribution in [0.2, 0.25) is 0 Å². The van der Waals surface area contributed by atoms with Crippen LogP contribution >= 0.6 is 11.3 Å². The average molecular weight is 606 g/mol. The second-order valence-electron chi connectivity index (χ2n) is 11.8. The van der Waals surface area contributed by atoms with Crippen molar-refractivity contribution >= 4 is 28.0 Å². The molecule has 5 rings (SSSR count). The number of rotatable bonds is 10. The number of methoxy groups -OCH3 is 2. The highest BCUT2D eigenvalue weighted by molar-refractivity contribution is 7.18. The maximum atomic E-state index is 15.6. The summed E-state index contributed by atoms with van der Waals surface area (Å²) in [5.74, 6) is -0.140. The van der Waals surface area contributed by atoms with Crippen LogP contribution in [0.15, 0.2) is 48.7 Å². The van der Waals surface area contributed by atoms with Crippen LogP contribution in [-0.2, 0) is 9.47 Å². The minimum absolute atomic E-state index is 0.0920. The highest BCUT2D eigenvalue weighted by Crippen LogP contribution is 2.40. The summed E-state index contributed by atoms with van der Waals surface area (Å²) >= 11 is 1.55. The van der Waals surface area contributed by atoms with E-state index in [-0.39, 0.29) is 17.4 Å². The number of nitrogens with zero attached hydrogens (tertiary/aromatic N) is 2. The number of thiazole rings is 1. The zero-order valence-corrected chi connectivity index (χ0v) is 26.7. The lowest BCUT2D eigenvalue weighted by Crippen LogP contribution is -2.40. The van der Waals surface area contributed by atoms with Crippen LogP contribution in [0.1, 0.15) is 74.7 Å². The van der Waals surface area contributed by atoms with Gasteiger partial charge in [-0.3, -0.25) is 0 Å². The van der Waals surface area contributed by atoms with Gasteiger partial charge in [0.15, 0.2) is 5.13 Å². The van der Waals surface area contributed by atoms with E-state index in [9.17, 15) is 4.79 Å². The molecule has 0 saturated carbocycles. The largest absolute Gasteiger partial charge is 0.465 e. The molecule has 230 valence electrons. The summed E-state index contributed by atoms with van der Waals surface area (Å²) in [4.78, 5) is 20.4. The number of anilines is 1. The molecular weight excluding hydrogens is 561 g/mol. The van der Waals surface area contributed by atoms with Crippen molar-refractivity contribution in [2.75, 3.05) is 45.3 Å². The van der Waals surface area contributed by atoms with Crippen molar-refractivity contribution in [2.45, 2.75) is 64.4 Å². The van der Waals surface area contributed by atoms with Gasteiger partial charge in [0.05, 0.1) is 23.2 Å². The molecule has 2 atom stereocenters. The third kappa shape index (κ3) is 6.87. The smallest absolute Gasteiger partial charge is 0.338 e. The quantitative estimate of drug-likeness (QED) is 0.237. The minimum Gasteiger partial charge on any atom is -0.465 e. The van der Waals surface area contributed by atoms with Crippen molar-refractivity contribution in [1.29, 1.82) is 0 Å². The SMILES string of the molecule is CCCCC(C)C1(OC)CCCN(c2ncc(-c3ccc(-c4ccc(C(=O)OC)c(C5=CCNCC5)c4)cc3F)s2)CC1. The van der Waals surface area contributed by atoms with Crippen molar-refractivity contribution in [3.63, 3.8) is 0 Å². The maximum absolute atomic E-state index is 15.6. The van der Waals surface area contributed by atoms with Crippen LogP contribution in [-0.4, -0.2) is 57.0 Å². The van der Waals surface area contributed by atoms with Gasteiger partial charge in [-0.2, -0.15) is 0 Å². The number of ether oxygens (including phenoxy) is 2. The number of nitrogens with one attached hydrogen (secondary N) is 1. The molecule has 6 nitrogen and oxygen atoms in total. The monoisotopic (exact) mass is 605 g/mol. The summed E-state index contributed by atoms with van der Waals surface area (Å²) in [6, 6.07) is 11.0. The summed E-state index contributed by atoms with van der Waals surface area (Å²) in [6.07, 6.45) is 11.4. The van der Waals surface area contributed by atoms with E-state index in [1.165, 1.54) is 26.4 Å². The predicted octanol–water partition coefficient (Wildman–Crippen LogP) is 7.98. The number of aromatic nitrogens is 1. The predicted molar refractivity (Wildman–Crippen MR) is 174 cm³/mol. The molecule has 0 aliphatic carbocycles. The fourth-order valence-corrected chi connectivity index (χ4v) is 7.56. The molecule has 2 aromatic carbocycles. The molecule has 2 aliphatic rings. The van der Waals surface area contributed by atoms with Crippen LogP contribution in [0, 0.1) is 11.7 Å². The van der Waals surface area contributed by atoms with Gasteiger partial charge in [0, 0.05) is 38.5 Å². The lowest BCUT2D eigenvalue weighted by molar-refractivity contribution is -0.0647. The van der Waals surface area contributed by atoms with Gasteiger partial charge in [0.1, 0.15) is 5.82 Å². The minimum atomic E-state index is -0.369. The van der Waals surface area contributed by atoms with Crippen LogP contribution < -0.4 is 10.2 Å². The van der Waals surface area contributed by atoms with Gasteiger partial charge in [0.2, 0.25) is 0 Å². The lowest BCUT2D eigenvalue weighted by atomic mass is 9.79. The van der Waals surface area contributed by atoms with Crippen LogP contribution in [0.25, 0.3) is 27.1 Å². The number of unbranched alkanes of at least 4 members (excludes halogenated alkanes) is 1. The highest BCUT2D eigenvalue weighted by Gasteiger charge is 2.38. The van der Waals surface area contributed by atoms with Gasteiger partial charge in [-0.25, -0.2) is 14.2 Å². The number of halogens is 1. The lowest BCUT2D eigenvalue weighted by Gasteiger charge is -2.37. The second kappa shape index (κ2) is 14.1. The summed E-state index contributed by atoms with van der Waals surface area (Å²) < 4.78 is 26.9. The fourth-order valence-electron chi connectivity index (χ4n) is 6.57. The second-order valence-corrected chi connectivity index (χ2v) is 12.8. The number of benzene rings is 2. The molecule has 3 heterocycles. The number of hydrogen-bond acceptors (Lipinski definition) is 7. The fraction of sp³-hybridized carbons (Fsp3) is 0.486. The highest BCUT2D eigenvalue weighted by atomic mass is 32.1. The van der Waals surface area contributed by atoms with E-state index < -0.39 is 0 Å². The molecule has 8 heteroatoms. The van der Waals surface area contributed by atoms with Gasteiger partial charge in [0.25, 0.3) is 0 Å². The first-order valence-electron chi connectivity index (χ1n) is 15.6. The zero-order valence-electron chi connectivity index (χ0n) is 25.9. The topological polar surface area (TPSA) is 63.7 Å². The Labute approximate surface area is 259 Å². The number of hydrogen-bond donors (Lipinski definition) is 1.